The van der Waals surface area contributed by atoms with E-state index in [1.165, 1.54) is 11.3 Å². The lowest BCUT2D eigenvalue weighted by Crippen LogP contribution is -2.28. The summed E-state index contributed by atoms with van der Waals surface area (Å²) in [4.78, 5) is 31.4. The zero-order valence-electron chi connectivity index (χ0n) is 16.0. The van der Waals surface area contributed by atoms with Gasteiger partial charge in [0.15, 0.2) is 11.6 Å². The van der Waals surface area contributed by atoms with Gasteiger partial charge in [-0.3, -0.25) is 9.59 Å². The van der Waals surface area contributed by atoms with Gasteiger partial charge in [-0.25, -0.2) is 14.4 Å². The average molecular weight is 436 g/mol. The first-order valence-electron chi connectivity index (χ1n) is 9.17. The molecule has 2 amide bonds. The summed E-state index contributed by atoms with van der Waals surface area (Å²) < 4.78 is 15.7. The van der Waals surface area contributed by atoms with E-state index in [0.717, 1.165) is 16.3 Å². The number of rotatable bonds is 8. The number of nitrogens with zero attached hydrogens (tertiary/aromatic N) is 2. The Labute approximate surface area is 180 Å². The molecule has 0 unspecified atom stereocenters. The third-order valence-electron chi connectivity index (χ3n) is 4.48. The van der Waals surface area contributed by atoms with Crippen LogP contribution in [0.3, 0.4) is 0 Å². The maximum absolute atomic E-state index is 14.7. The first-order chi connectivity index (χ1) is 15.0. The Bertz CT molecular complexity index is 1250. The molecular weight excluding hydrogens is 419 g/mol. The molecule has 0 aliphatic heterocycles. The van der Waals surface area contributed by atoms with Crippen molar-refractivity contribution < 1.29 is 14.0 Å². The van der Waals surface area contributed by atoms with Crippen LogP contribution in [-0.4, -0.2) is 22.3 Å². The minimum Gasteiger partial charge on any atom is -0.365 e. The van der Waals surface area contributed by atoms with Gasteiger partial charge in [-0.05, 0) is 29.8 Å². The molecule has 0 spiro atoms. The van der Waals surface area contributed by atoms with Crippen LogP contribution in [0, 0.1) is 5.82 Å². The monoisotopic (exact) mass is 436 g/mol. The summed E-state index contributed by atoms with van der Waals surface area (Å²) >= 11 is 1.46. The van der Waals surface area contributed by atoms with Gasteiger partial charge < -0.3 is 21.7 Å². The highest BCUT2D eigenvalue weighted by Gasteiger charge is 2.19. The normalized spacial score (nSPS) is 11.6. The molecule has 2 heterocycles. The Morgan fingerprint density at radius 3 is 2.68 bits per heavy atom. The number of pyridine rings is 1. The lowest BCUT2D eigenvalue weighted by atomic mass is 10.1. The molecule has 10 heteroatoms. The van der Waals surface area contributed by atoms with E-state index in [9.17, 15) is 14.0 Å². The van der Waals surface area contributed by atoms with Crippen LogP contribution in [0.15, 0.2) is 60.1 Å². The van der Waals surface area contributed by atoms with E-state index < -0.39 is 17.9 Å². The fourth-order valence-corrected chi connectivity index (χ4v) is 3.73. The number of nitrogens with one attached hydrogen (secondary N) is 3. The molecule has 4 aromatic rings. The summed E-state index contributed by atoms with van der Waals surface area (Å²) in [7, 11) is 0. The summed E-state index contributed by atoms with van der Waals surface area (Å²) in [5.74, 6) is -1.69. The Kier molecular flexibility index (Phi) is 5.72. The number of amides is 2. The summed E-state index contributed by atoms with van der Waals surface area (Å²) in [5.41, 5.74) is 9.22. The maximum Gasteiger partial charge on any atom is 0.252 e. The maximum atomic E-state index is 14.7. The number of carbonyl (C=O) groups is 2. The zero-order valence-corrected chi connectivity index (χ0v) is 16.8. The lowest BCUT2D eigenvalue weighted by molar-refractivity contribution is -0.110. The number of fused-ring (bicyclic) bond motifs is 1. The van der Waals surface area contributed by atoms with Crippen molar-refractivity contribution in [1.29, 1.82) is 0 Å². The predicted octanol–water partition coefficient (Wildman–Crippen LogP) is 3.53. The SMILES string of the molecule is NC(=O)c1cc(F)c(N[C@H](NC=O)c2ccccc2)nc1Nc1ccc2ncsc2c1. The molecule has 0 aliphatic carbocycles. The van der Waals surface area contributed by atoms with Gasteiger partial charge in [0, 0.05) is 5.69 Å². The molecule has 0 bridgehead atoms. The van der Waals surface area contributed by atoms with Crippen molar-refractivity contribution in [3.05, 3.63) is 77.1 Å². The molecule has 4 rings (SSSR count). The predicted molar refractivity (Wildman–Crippen MR) is 118 cm³/mol. The summed E-state index contributed by atoms with van der Waals surface area (Å²) in [5, 5.41) is 8.45. The number of carbonyl (C=O) groups excluding carboxylic acids is 2. The van der Waals surface area contributed by atoms with E-state index in [0.29, 0.717) is 17.7 Å². The third-order valence-corrected chi connectivity index (χ3v) is 5.28. The van der Waals surface area contributed by atoms with Gasteiger partial charge in [0.2, 0.25) is 6.41 Å². The summed E-state index contributed by atoms with van der Waals surface area (Å²) in [6.07, 6.45) is -0.231. The fraction of sp³-hybridized carbons (Fsp3) is 0.0476. The van der Waals surface area contributed by atoms with Gasteiger partial charge in [0.05, 0.1) is 21.3 Å². The van der Waals surface area contributed by atoms with E-state index in [1.807, 2.05) is 18.2 Å². The number of thiazole rings is 1. The largest absolute Gasteiger partial charge is 0.365 e. The van der Waals surface area contributed by atoms with Gasteiger partial charge in [-0.1, -0.05) is 30.3 Å². The van der Waals surface area contributed by atoms with Crippen molar-refractivity contribution in [2.45, 2.75) is 6.17 Å². The highest BCUT2D eigenvalue weighted by atomic mass is 32.1. The molecule has 5 N–H and O–H groups in total. The fourth-order valence-electron chi connectivity index (χ4n) is 3.01. The number of benzene rings is 2. The Balaban J connectivity index is 1.70. The highest BCUT2D eigenvalue weighted by molar-refractivity contribution is 7.16. The first-order valence-corrected chi connectivity index (χ1v) is 10.0. The highest BCUT2D eigenvalue weighted by Crippen LogP contribution is 2.28. The molecule has 31 heavy (non-hydrogen) atoms. The molecular formula is C21H17FN6O2S. The van der Waals surface area contributed by atoms with Crippen molar-refractivity contribution in [2.75, 3.05) is 10.6 Å². The Hall–Kier alpha value is -4.05. The van der Waals surface area contributed by atoms with Crippen LogP contribution in [0.1, 0.15) is 22.1 Å². The molecule has 0 saturated heterocycles. The number of aromatic nitrogens is 2. The van der Waals surface area contributed by atoms with Crippen molar-refractivity contribution in [1.82, 2.24) is 15.3 Å². The summed E-state index contributed by atoms with van der Waals surface area (Å²) in [6, 6.07) is 15.4. The van der Waals surface area contributed by atoms with Crippen LogP contribution in [0.25, 0.3) is 10.2 Å². The van der Waals surface area contributed by atoms with E-state index in [4.69, 9.17) is 5.73 Å². The summed E-state index contributed by atoms with van der Waals surface area (Å²) in [6.45, 7) is 0. The van der Waals surface area contributed by atoms with Crippen LogP contribution in [0.2, 0.25) is 0 Å². The second-order valence-corrected chi connectivity index (χ2v) is 7.40. The quantitative estimate of drug-likeness (QED) is 0.248. The minimum absolute atomic E-state index is 0.0816. The molecule has 1 atom stereocenters. The van der Waals surface area contributed by atoms with Gasteiger partial charge >= 0.3 is 0 Å². The van der Waals surface area contributed by atoms with Crippen LogP contribution in [0.4, 0.5) is 21.7 Å². The van der Waals surface area contributed by atoms with E-state index in [1.54, 1.807) is 35.8 Å². The van der Waals surface area contributed by atoms with E-state index in [2.05, 4.69) is 25.9 Å². The average Bonchev–Trinajstić information content (AvgIpc) is 3.23. The molecule has 2 aromatic heterocycles. The molecule has 156 valence electrons. The number of hydrogen-bond acceptors (Lipinski definition) is 7. The molecule has 2 aromatic carbocycles. The molecule has 0 fully saturated rings. The number of anilines is 3. The Morgan fingerprint density at radius 2 is 1.94 bits per heavy atom. The standard InChI is InChI=1S/C21H17FN6O2S/c22-15-9-14(18(23)30)20(26-13-6-7-16-17(8-13)31-11-25-16)28-21(15)27-19(24-10-29)12-4-2-1-3-5-12/h1-11,19H,(H2,23,30)(H,24,29)(H2,26,27,28)/t19-/m0/s1. The van der Waals surface area contributed by atoms with Crippen LogP contribution >= 0.6 is 11.3 Å². The molecule has 0 saturated carbocycles. The number of nitrogens with two attached hydrogens (primary N) is 1. The smallest absolute Gasteiger partial charge is 0.252 e. The van der Waals surface area contributed by atoms with Crippen molar-refractivity contribution in [3.63, 3.8) is 0 Å². The second kappa shape index (κ2) is 8.76. The van der Waals surface area contributed by atoms with Crippen LogP contribution in [-0.2, 0) is 4.79 Å². The van der Waals surface area contributed by atoms with Gasteiger partial charge in [-0.2, -0.15) is 0 Å². The number of halogens is 1. The molecule has 0 aliphatic rings. The van der Waals surface area contributed by atoms with Gasteiger partial charge in [0.25, 0.3) is 5.91 Å². The van der Waals surface area contributed by atoms with E-state index >= 15 is 0 Å². The Morgan fingerprint density at radius 1 is 1.13 bits per heavy atom. The lowest BCUT2D eigenvalue weighted by Gasteiger charge is -2.20. The second-order valence-electron chi connectivity index (χ2n) is 6.51. The first kappa shape index (κ1) is 20.2. The van der Waals surface area contributed by atoms with Crippen molar-refractivity contribution >= 4 is 51.2 Å². The van der Waals surface area contributed by atoms with Gasteiger partial charge in [0.1, 0.15) is 12.0 Å². The van der Waals surface area contributed by atoms with Crippen LogP contribution in [0.5, 0.6) is 0 Å². The topological polar surface area (TPSA) is 122 Å². The third kappa shape index (κ3) is 4.43. The minimum atomic E-state index is -0.829. The van der Waals surface area contributed by atoms with Gasteiger partial charge in [-0.15, -0.1) is 11.3 Å². The van der Waals surface area contributed by atoms with E-state index in [-0.39, 0.29) is 17.2 Å². The number of primary amides is 1. The zero-order chi connectivity index (χ0) is 21.8. The van der Waals surface area contributed by atoms with Crippen molar-refractivity contribution in [3.8, 4) is 0 Å². The van der Waals surface area contributed by atoms with Crippen LogP contribution < -0.4 is 21.7 Å². The molecule has 0 radical (unpaired) electrons. The molecule has 8 nitrogen and oxygen atoms in total. The van der Waals surface area contributed by atoms with Crippen molar-refractivity contribution in [2.24, 2.45) is 5.73 Å². The number of hydrogen-bond donors (Lipinski definition) is 4.